The van der Waals surface area contributed by atoms with Crippen LogP contribution in [0, 0.1) is 0 Å². The van der Waals surface area contributed by atoms with Crippen molar-refractivity contribution in [2.75, 3.05) is 17.8 Å². The van der Waals surface area contributed by atoms with Gasteiger partial charge in [0, 0.05) is 23.3 Å². The molecule has 1 aliphatic carbocycles. The van der Waals surface area contributed by atoms with Crippen molar-refractivity contribution in [1.29, 1.82) is 0 Å². The SMILES string of the molecule is CC1CC(SCCS(C)(=O)=O)C(N)c2ccccc21. The van der Waals surface area contributed by atoms with E-state index in [9.17, 15) is 8.42 Å². The minimum Gasteiger partial charge on any atom is -0.323 e. The van der Waals surface area contributed by atoms with E-state index in [1.54, 1.807) is 11.8 Å². The van der Waals surface area contributed by atoms with Crippen LogP contribution in [-0.4, -0.2) is 31.4 Å². The van der Waals surface area contributed by atoms with Crippen LogP contribution in [-0.2, 0) is 9.84 Å². The van der Waals surface area contributed by atoms with Gasteiger partial charge >= 0.3 is 0 Å². The van der Waals surface area contributed by atoms with E-state index in [4.69, 9.17) is 5.73 Å². The predicted molar refractivity (Wildman–Crippen MR) is 82.4 cm³/mol. The number of fused-ring (bicyclic) bond motifs is 1. The van der Waals surface area contributed by atoms with Gasteiger partial charge < -0.3 is 5.73 Å². The first-order valence-electron chi connectivity index (χ1n) is 6.52. The molecule has 106 valence electrons. The summed E-state index contributed by atoms with van der Waals surface area (Å²) in [5.74, 6) is 1.36. The van der Waals surface area contributed by atoms with Gasteiger partial charge in [0.25, 0.3) is 0 Å². The standard InChI is InChI=1S/C14H21NO2S2/c1-10-9-13(18-7-8-19(2,16)17)14(15)12-6-4-3-5-11(10)12/h3-6,10,13-14H,7-9,15H2,1-2H3. The van der Waals surface area contributed by atoms with Crippen molar-refractivity contribution in [1.82, 2.24) is 0 Å². The van der Waals surface area contributed by atoms with Gasteiger partial charge in [-0.15, -0.1) is 0 Å². The molecule has 1 aromatic carbocycles. The van der Waals surface area contributed by atoms with Gasteiger partial charge in [-0.2, -0.15) is 11.8 Å². The molecule has 5 heteroatoms. The second kappa shape index (κ2) is 5.85. The Hall–Kier alpha value is -0.520. The summed E-state index contributed by atoms with van der Waals surface area (Å²) in [6.45, 7) is 2.22. The topological polar surface area (TPSA) is 60.2 Å². The molecule has 0 amide bonds. The van der Waals surface area contributed by atoms with Gasteiger partial charge in [-0.25, -0.2) is 8.42 Å². The van der Waals surface area contributed by atoms with Gasteiger partial charge in [0.2, 0.25) is 0 Å². The first-order valence-corrected chi connectivity index (χ1v) is 9.63. The highest BCUT2D eigenvalue weighted by molar-refractivity contribution is 8.01. The van der Waals surface area contributed by atoms with Crippen LogP contribution in [0.4, 0.5) is 0 Å². The number of nitrogens with two attached hydrogens (primary N) is 1. The average Bonchev–Trinajstić information content (AvgIpc) is 2.34. The van der Waals surface area contributed by atoms with E-state index < -0.39 is 9.84 Å². The van der Waals surface area contributed by atoms with Crippen molar-refractivity contribution < 1.29 is 8.42 Å². The number of hydrogen-bond donors (Lipinski definition) is 1. The quantitative estimate of drug-likeness (QED) is 0.927. The Morgan fingerprint density at radius 2 is 1.95 bits per heavy atom. The lowest BCUT2D eigenvalue weighted by molar-refractivity contribution is 0.528. The summed E-state index contributed by atoms with van der Waals surface area (Å²) in [6.07, 6.45) is 2.30. The highest BCUT2D eigenvalue weighted by atomic mass is 32.2. The highest BCUT2D eigenvalue weighted by Gasteiger charge is 2.30. The van der Waals surface area contributed by atoms with E-state index in [1.807, 2.05) is 6.07 Å². The van der Waals surface area contributed by atoms with Crippen molar-refractivity contribution in [2.24, 2.45) is 5.73 Å². The first-order chi connectivity index (χ1) is 8.88. The molecule has 0 aromatic heterocycles. The number of hydrogen-bond acceptors (Lipinski definition) is 4. The molecule has 3 nitrogen and oxygen atoms in total. The molecule has 0 aliphatic heterocycles. The zero-order chi connectivity index (χ0) is 14.0. The fourth-order valence-corrected chi connectivity index (χ4v) is 5.29. The molecule has 1 aromatic rings. The van der Waals surface area contributed by atoms with Gasteiger partial charge in [-0.1, -0.05) is 31.2 Å². The van der Waals surface area contributed by atoms with Crippen molar-refractivity contribution >= 4 is 21.6 Å². The van der Waals surface area contributed by atoms with E-state index in [2.05, 4.69) is 25.1 Å². The summed E-state index contributed by atoms with van der Waals surface area (Å²) in [4.78, 5) is 0. The Labute approximate surface area is 119 Å². The van der Waals surface area contributed by atoms with Crippen LogP contribution in [0.5, 0.6) is 0 Å². The number of rotatable bonds is 4. The van der Waals surface area contributed by atoms with Crippen molar-refractivity contribution in [2.45, 2.75) is 30.6 Å². The van der Waals surface area contributed by atoms with Crippen LogP contribution in [0.1, 0.15) is 36.4 Å². The van der Waals surface area contributed by atoms with Crippen molar-refractivity contribution in [3.63, 3.8) is 0 Å². The number of thioether (sulfide) groups is 1. The summed E-state index contributed by atoms with van der Waals surface area (Å²) < 4.78 is 22.3. The molecule has 2 rings (SSSR count). The molecule has 1 aliphatic rings. The lowest BCUT2D eigenvalue weighted by Gasteiger charge is -2.34. The fraction of sp³-hybridized carbons (Fsp3) is 0.571. The van der Waals surface area contributed by atoms with Crippen molar-refractivity contribution in [3.05, 3.63) is 35.4 Å². The van der Waals surface area contributed by atoms with Crippen LogP contribution >= 0.6 is 11.8 Å². The number of benzene rings is 1. The molecule has 0 fully saturated rings. The molecule has 19 heavy (non-hydrogen) atoms. The Balaban J connectivity index is 2.05. The third-order valence-corrected chi connectivity index (χ3v) is 6.22. The van der Waals surface area contributed by atoms with Gasteiger partial charge in [-0.05, 0) is 23.5 Å². The van der Waals surface area contributed by atoms with Gasteiger partial charge in [0.15, 0.2) is 0 Å². The molecular weight excluding hydrogens is 278 g/mol. The fourth-order valence-electron chi connectivity index (χ4n) is 2.61. The molecule has 0 bridgehead atoms. The number of sulfone groups is 1. The summed E-state index contributed by atoms with van der Waals surface area (Å²) in [5.41, 5.74) is 8.90. The van der Waals surface area contributed by atoms with Gasteiger partial charge in [0.1, 0.15) is 9.84 Å². The van der Waals surface area contributed by atoms with Crippen LogP contribution in [0.15, 0.2) is 24.3 Å². The van der Waals surface area contributed by atoms with E-state index in [0.29, 0.717) is 16.9 Å². The summed E-state index contributed by atoms with van der Waals surface area (Å²) in [6, 6.07) is 8.34. The zero-order valence-electron chi connectivity index (χ0n) is 11.4. The Kier molecular flexibility index (Phi) is 4.58. The normalized spacial score (nSPS) is 27.0. The smallest absolute Gasteiger partial charge is 0.148 e. The van der Waals surface area contributed by atoms with Gasteiger partial charge in [-0.3, -0.25) is 0 Å². The maximum atomic E-state index is 11.2. The molecule has 2 N–H and O–H groups in total. The zero-order valence-corrected chi connectivity index (χ0v) is 13.0. The third-order valence-electron chi connectivity index (χ3n) is 3.66. The highest BCUT2D eigenvalue weighted by Crippen LogP contribution is 2.41. The lowest BCUT2D eigenvalue weighted by atomic mass is 9.81. The largest absolute Gasteiger partial charge is 0.323 e. The Morgan fingerprint density at radius 3 is 2.58 bits per heavy atom. The van der Waals surface area contributed by atoms with E-state index >= 15 is 0 Å². The van der Waals surface area contributed by atoms with Crippen LogP contribution in [0.25, 0.3) is 0 Å². The predicted octanol–water partition coefficient (Wildman–Crippen LogP) is 2.34. The van der Waals surface area contributed by atoms with E-state index in [-0.39, 0.29) is 11.8 Å². The molecule has 3 unspecified atom stereocenters. The molecular formula is C14H21NO2S2. The summed E-state index contributed by atoms with van der Waals surface area (Å²) >= 11 is 1.70. The summed E-state index contributed by atoms with van der Waals surface area (Å²) in [7, 11) is -2.88. The van der Waals surface area contributed by atoms with Crippen LogP contribution < -0.4 is 5.73 Å². The second-order valence-electron chi connectivity index (χ2n) is 5.33. The minimum absolute atomic E-state index is 0.0111. The summed E-state index contributed by atoms with van der Waals surface area (Å²) in [5, 5.41) is 0.312. The molecule has 0 spiro atoms. The maximum absolute atomic E-state index is 11.2. The van der Waals surface area contributed by atoms with Crippen molar-refractivity contribution in [3.8, 4) is 0 Å². The molecule has 0 saturated heterocycles. The second-order valence-corrected chi connectivity index (χ2v) is 8.94. The molecule has 0 radical (unpaired) electrons. The van der Waals surface area contributed by atoms with E-state index in [1.165, 1.54) is 17.4 Å². The van der Waals surface area contributed by atoms with Crippen LogP contribution in [0.3, 0.4) is 0 Å². The molecule has 0 heterocycles. The minimum atomic E-state index is -2.88. The van der Waals surface area contributed by atoms with E-state index in [0.717, 1.165) is 6.42 Å². The maximum Gasteiger partial charge on any atom is 0.148 e. The average molecular weight is 299 g/mol. The Morgan fingerprint density at radius 1 is 1.32 bits per heavy atom. The van der Waals surface area contributed by atoms with Gasteiger partial charge in [0.05, 0.1) is 5.75 Å². The monoisotopic (exact) mass is 299 g/mol. The van der Waals surface area contributed by atoms with Crippen LogP contribution in [0.2, 0.25) is 0 Å². The third kappa shape index (κ3) is 3.74. The first kappa shape index (κ1) is 14.9. The molecule has 0 saturated carbocycles. The Bertz CT molecular complexity index is 542. The lowest BCUT2D eigenvalue weighted by Crippen LogP contribution is -2.31. The molecule has 3 atom stereocenters.